The Balaban J connectivity index is -0.000000101. The number of nitrogens with zero attached hydrogens (tertiary/aromatic N) is 1. The van der Waals surface area contributed by atoms with Gasteiger partial charge in [-0.05, 0) is 0 Å². The second-order valence-electron chi connectivity index (χ2n) is 1.03. The zero-order valence-corrected chi connectivity index (χ0v) is 8.94. The molecule has 4 N–H and O–H groups in total. The first-order chi connectivity index (χ1) is 4.23. The van der Waals surface area contributed by atoms with E-state index in [0.29, 0.717) is 0 Å². The van der Waals surface area contributed by atoms with Gasteiger partial charge in [0.15, 0.2) is 0 Å². The molecule has 8 heteroatoms. The molecule has 1 atom stereocenters. The summed E-state index contributed by atoms with van der Waals surface area (Å²) in [7, 11) is -3.38. The molecule has 0 radical (unpaired) electrons. The van der Waals surface area contributed by atoms with Gasteiger partial charge in [-0.2, -0.15) is 0 Å². The van der Waals surface area contributed by atoms with Gasteiger partial charge in [-0.3, -0.25) is 0 Å². The van der Waals surface area contributed by atoms with Crippen molar-refractivity contribution in [1.82, 2.24) is 9.97 Å². The average molecular weight is 190 g/mol. The fraction of sp³-hybridized carbons (Fsp3) is 0. The first-order valence-corrected chi connectivity index (χ1v) is 3.32. The predicted octanol–water partition coefficient (Wildman–Crippen LogP) is -4.68. The van der Waals surface area contributed by atoms with Crippen LogP contribution in [0.4, 0.5) is 0 Å². The molecule has 0 amide bonds. The minimum Gasteiger partial charge on any atom is -0.781 e. The number of hydrogen-bond acceptors (Lipinski definition) is 3. The van der Waals surface area contributed by atoms with Crippen LogP contribution < -0.4 is 34.5 Å². The SMILES string of the molecule is O.O=[PH]([O-])O.[Na+].c1c[nH]cn1. The smallest absolute Gasteiger partial charge is 0.781 e. The van der Waals surface area contributed by atoms with Crippen molar-refractivity contribution in [2.24, 2.45) is 0 Å². The van der Waals surface area contributed by atoms with Gasteiger partial charge in [-0.15, -0.1) is 0 Å². The van der Waals surface area contributed by atoms with Crippen LogP contribution in [0.25, 0.3) is 0 Å². The zero-order valence-electron chi connectivity index (χ0n) is 5.94. The van der Waals surface area contributed by atoms with Crippen molar-refractivity contribution in [3.63, 3.8) is 0 Å². The molecule has 11 heavy (non-hydrogen) atoms. The standard InChI is InChI=1S/C3H4N2.Na.H3O3P.H2O/c1-2-5-3-4-1;;1-4(2)3;/h1-3H,(H,4,5);;4H,(H2,1,2,3);1H2/q;+1;;/p-1. The van der Waals surface area contributed by atoms with E-state index in [1.54, 1.807) is 18.7 Å². The van der Waals surface area contributed by atoms with E-state index in [1.165, 1.54) is 0 Å². The molecule has 1 unspecified atom stereocenters. The molecule has 0 bridgehead atoms. The maximum absolute atomic E-state index is 8.63. The molecule has 1 aromatic rings. The summed E-state index contributed by atoms with van der Waals surface area (Å²) in [6.45, 7) is 0. The fourth-order valence-electron chi connectivity index (χ4n) is 0.215. The van der Waals surface area contributed by atoms with Crippen LogP contribution in [-0.4, -0.2) is 20.3 Å². The summed E-state index contributed by atoms with van der Waals surface area (Å²) in [5.74, 6) is 0. The molecule has 60 valence electrons. The van der Waals surface area contributed by atoms with Crippen LogP contribution in [0, 0.1) is 0 Å². The number of H-pyrrole nitrogens is 1. The van der Waals surface area contributed by atoms with Gasteiger partial charge < -0.3 is 24.8 Å². The first-order valence-electron chi connectivity index (χ1n) is 2.06. The minimum atomic E-state index is -3.38. The Morgan fingerprint density at radius 2 is 2.09 bits per heavy atom. The molecule has 0 fully saturated rings. The Labute approximate surface area is 86.2 Å². The Morgan fingerprint density at radius 1 is 1.64 bits per heavy atom. The number of nitrogens with one attached hydrogen (secondary N) is 1. The van der Waals surface area contributed by atoms with Crippen LogP contribution in [-0.2, 0) is 4.57 Å². The monoisotopic (exact) mass is 190 g/mol. The fourth-order valence-corrected chi connectivity index (χ4v) is 0.215. The van der Waals surface area contributed by atoms with E-state index in [1.807, 2.05) is 0 Å². The van der Waals surface area contributed by atoms with E-state index in [2.05, 4.69) is 9.97 Å². The van der Waals surface area contributed by atoms with Crippen molar-refractivity contribution in [3.8, 4) is 0 Å². The molecule has 0 saturated heterocycles. The quantitative estimate of drug-likeness (QED) is 0.315. The third kappa shape index (κ3) is 25.2. The van der Waals surface area contributed by atoms with Crippen LogP contribution in [0.2, 0.25) is 0 Å². The van der Waals surface area contributed by atoms with Crippen LogP contribution >= 0.6 is 8.25 Å². The molecule has 0 aliphatic heterocycles. The van der Waals surface area contributed by atoms with Crippen molar-refractivity contribution in [3.05, 3.63) is 18.7 Å². The molecule has 0 spiro atoms. The molecule has 0 aliphatic rings. The molecule has 1 aromatic heterocycles. The summed E-state index contributed by atoms with van der Waals surface area (Å²) < 4.78 is 8.63. The molecule has 0 aliphatic carbocycles. The third-order valence-corrected chi connectivity index (χ3v) is 0.406. The second kappa shape index (κ2) is 12.9. The first kappa shape index (κ1) is 17.4. The minimum absolute atomic E-state index is 0. The maximum Gasteiger partial charge on any atom is 1.00 e. The van der Waals surface area contributed by atoms with E-state index >= 15 is 0 Å². The number of imidazole rings is 1. The Hall–Kier alpha value is 0.320. The number of rotatable bonds is 0. The molecule has 0 aromatic carbocycles. The summed E-state index contributed by atoms with van der Waals surface area (Å²) in [6.07, 6.45) is 5.08. The summed E-state index contributed by atoms with van der Waals surface area (Å²) in [6, 6.07) is 0. The van der Waals surface area contributed by atoms with Crippen LogP contribution in [0.3, 0.4) is 0 Å². The van der Waals surface area contributed by atoms with Gasteiger partial charge in [-0.25, -0.2) is 4.98 Å². The molecule has 1 rings (SSSR count). The van der Waals surface area contributed by atoms with E-state index in [-0.39, 0.29) is 35.0 Å². The van der Waals surface area contributed by atoms with Crippen molar-refractivity contribution < 1.29 is 49.4 Å². The largest absolute Gasteiger partial charge is 1.00 e. The van der Waals surface area contributed by atoms with Crippen LogP contribution in [0.5, 0.6) is 0 Å². The summed E-state index contributed by atoms with van der Waals surface area (Å²) >= 11 is 0. The van der Waals surface area contributed by atoms with Gasteiger partial charge in [0, 0.05) is 12.4 Å². The number of hydrogen-bond donors (Lipinski definition) is 2. The second-order valence-corrected chi connectivity index (χ2v) is 1.56. The number of aromatic amines is 1. The van der Waals surface area contributed by atoms with Gasteiger partial charge >= 0.3 is 29.6 Å². The van der Waals surface area contributed by atoms with E-state index in [4.69, 9.17) is 14.4 Å². The van der Waals surface area contributed by atoms with Gasteiger partial charge in [0.2, 0.25) is 0 Å². The van der Waals surface area contributed by atoms with E-state index < -0.39 is 8.25 Å². The Kier molecular flexibility index (Phi) is 20.5. The molecular formula is C3H8N2NaO4P. The van der Waals surface area contributed by atoms with E-state index in [0.717, 1.165) is 0 Å². The average Bonchev–Trinajstić information content (AvgIpc) is 2.11. The summed E-state index contributed by atoms with van der Waals surface area (Å²) in [4.78, 5) is 22.1. The van der Waals surface area contributed by atoms with Crippen molar-refractivity contribution in [2.45, 2.75) is 0 Å². The van der Waals surface area contributed by atoms with Crippen LogP contribution in [0.1, 0.15) is 0 Å². The van der Waals surface area contributed by atoms with E-state index in [9.17, 15) is 0 Å². The summed E-state index contributed by atoms with van der Waals surface area (Å²) in [5, 5.41) is 0. The molecule has 6 nitrogen and oxygen atoms in total. The van der Waals surface area contributed by atoms with Gasteiger partial charge in [0.25, 0.3) is 0 Å². The van der Waals surface area contributed by atoms with Gasteiger partial charge in [0.05, 0.1) is 6.33 Å². The van der Waals surface area contributed by atoms with Crippen molar-refractivity contribution >= 4 is 8.25 Å². The Morgan fingerprint density at radius 3 is 2.18 bits per heavy atom. The van der Waals surface area contributed by atoms with Gasteiger partial charge in [0.1, 0.15) is 8.25 Å². The third-order valence-electron chi connectivity index (χ3n) is 0.406. The van der Waals surface area contributed by atoms with Crippen molar-refractivity contribution in [1.29, 1.82) is 0 Å². The number of aromatic nitrogens is 2. The predicted molar refractivity (Wildman–Crippen MR) is 33.4 cm³/mol. The zero-order chi connectivity index (χ0) is 7.11. The topological polar surface area (TPSA) is 121 Å². The normalized spacial score (nSPS) is 9.27. The van der Waals surface area contributed by atoms with Crippen molar-refractivity contribution in [2.75, 3.05) is 0 Å². The molecule has 1 heterocycles. The molecule has 0 saturated carbocycles. The maximum atomic E-state index is 8.63. The summed E-state index contributed by atoms with van der Waals surface area (Å²) in [5.41, 5.74) is 0. The Bertz CT molecular complexity index is 137. The molecular weight excluding hydrogens is 182 g/mol. The van der Waals surface area contributed by atoms with Gasteiger partial charge in [-0.1, -0.05) is 0 Å². The van der Waals surface area contributed by atoms with Crippen LogP contribution in [0.15, 0.2) is 18.7 Å².